The fourth-order valence-corrected chi connectivity index (χ4v) is 2.66. The highest BCUT2D eigenvalue weighted by Crippen LogP contribution is 2.36. The number of carbonyl (C=O) groups is 1. The van der Waals surface area contributed by atoms with E-state index in [-0.39, 0.29) is 6.10 Å². The maximum absolute atomic E-state index is 12.4. The topological polar surface area (TPSA) is 66.5 Å². The van der Waals surface area contributed by atoms with Crippen LogP contribution in [0.5, 0.6) is 5.75 Å². The van der Waals surface area contributed by atoms with Gasteiger partial charge in [0.25, 0.3) is 0 Å². The van der Waals surface area contributed by atoms with Crippen molar-refractivity contribution in [1.29, 1.82) is 0 Å². The SMILES string of the molecule is COC(=O)c1c(OC(C)C)c2cc(C)ccc2n1CC(C)(C)N. The van der Waals surface area contributed by atoms with E-state index in [0.717, 1.165) is 16.5 Å². The third-order valence-electron chi connectivity index (χ3n) is 3.47. The molecule has 2 rings (SSSR count). The number of nitrogens with zero attached hydrogens (tertiary/aromatic N) is 1. The first-order chi connectivity index (χ1) is 10.6. The number of methoxy groups -OCH3 is 1. The molecule has 0 unspecified atom stereocenters. The summed E-state index contributed by atoms with van der Waals surface area (Å²) in [5, 5.41) is 0.906. The minimum Gasteiger partial charge on any atom is -0.488 e. The normalized spacial score (nSPS) is 12.0. The molecule has 0 aliphatic carbocycles. The van der Waals surface area contributed by atoms with Gasteiger partial charge in [0.05, 0.1) is 18.7 Å². The van der Waals surface area contributed by atoms with Crippen LogP contribution in [0.1, 0.15) is 43.7 Å². The first-order valence-electron chi connectivity index (χ1n) is 7.80. The predicted octanol–water partition coefficient (Wildman–Crippen LogP) is 3.26. The second-order valence-electron chi connectivity index (χ2n) is 6.93. The lowest BCUT2D eigenvalue weighted by molar-refractivity contribution is 0.0581. The highest BCUT2D eigenvalue weighted by molar-refractivity contribution is 6.02. The number of nitrogens with two attached hydrogens (primary N) is 1. The number of fused-ring (bicyclic) bond motifs is 1. The van der Waals surface area contributed by atoms with Gasteiger partial charge in [-0.25, -0.2) is 4.79 Å². The second kappa shape index (κ2) is 6.24. The summed E-state index contributed by atoms with van der Waals surface area (Å²) >= 11 is 0. The smallest absolute Gasteiger partial charge is 0.358 e. The van der Waals surface area contributed by atoms with Crippen molar-refractivity contribution in [3.63, 3.8) is 0 Å². The monoisotopic (exact) mass is 318 g/mol. The van der Waals surface area contributed by atoms with E-state index in [2.05, 4.69) is 0 Å². The standard InChI is InChI=1S/C18H26N2O3/c1-11(2)23-16-13-9-12(3)7-8-14(13)20(10-18(4,5)19)15(16)17(21)22-6/h7-9,11H,10,19H2,1-6H3. The molecule has 23 heavy (non-hydrogen) atoms. The van der Waals surface area contributed by atoms with Crippen molar-refractivity contribution in [3.8, 4) is 5.75 Å². The van der Waals surface area contributed by atoms with Crippen LogP contribution in [0, 0.1) is 6.92 Å². The lowest BCUT2D eigenvalue weighted by Crippen LogP contribution is -2.37. The number of esters is 1. The summed E-state index contributed by atoms with van der Waals surface area (Å²) in [7, 11) is 1.38. The van der Waals surface area contributed by atoms with Crippen LogP contribution in [0.2, 0.25) is 0 Å². The molecule has 1 aromatic heterocycles. The van der Waals surface area contributed by atoms with Crippen molar-refractivity contribution in [1.82, 2.24) is 4.57 Å². The van der Waals surface area contributed by atoms with E-state index in [4.69, 9.17) is 15.2 Å². The fourth-order valence-electron chi connectivity index (χ4n) is 2.66. The Labute approximate surface area is 137 Å². The molecular weight excluding hydrogens is 292 g/mol. The average Bonchev–Trinajstić information content (AvgIpc) is 2.69. The summed E-state index contributed by atoms with van der Waals surface area (Å²) in [6, 6.07) is 6.04. The molecule has 0 atom stereocenters. The van der Waals surface area contributed by atoms with Gasteiger partial charge in [0.1, 0.15) is 0 Å². The van der Waals surface area contributed by atoms with Gasteiger partial charge in [-0.05, 0) is 46.8 Å². The molecule has 0 fully saturated rings. The Morgan fingerprint density at radius 3 is 2.52 bits per heavy atom. The van der Waals surface area contributed by atoms with Crippen LogP contribution in [-0.4, -0.2) is 29.3 Å². The predicted molar refractivity (Wildman–Crippen MR) is 92.0 cm³/mol. The average molecular weight is 318 g/mol. The van der Waals surface area contributed by atoms with E-state index < -0.39 is 11.5 Å². The van der Waals surface area contributed by atoms with Gasteiger partial charge in [-0.1, -0.05) is 11.6 Å². The Bertz CT molecular complexity index is 724. The molecule has 5 heteroatoms. The second-order valence-corrected chi connectivity index (χ2v) is 6.93. The number of hydrogen-bond acceptors (Lipinski definition) is 4. The molecule has 1 aromatic carbocycles. The van der Waals surface area contributed by atoms with Gasteiger partial charge in [0, 0.05) is 17.5 Å². The van der Waals surface area contributed by atoms with Crippen LogP contribution in [0.4, 0.5) is 0 Å². The van der Waals surface area contributed by atoms with Crippen molar-refractivity contribution in [2.45, 2.75) is 52.8 Å². The van der Waals surface area contributed by atoms with Gasteiger partial charge in [-0.15, -0.1) is 0 Å². The van der Waals surface area contributed by atoms with E-state index in [1.807, 2.05) is 57.4 Å². The Morgan fingerprint density at radius 2 is 2.00 bits per heavy atom. The van der Waals surface area contributed by atoms with E-state index >= 15 is 0 Å². The van der Waals surface area contributed by atoms with Gasteiger partial charge in [-0.2, -0.15) is 0 Å². The lowest BCUT2D eigenvalue weighted by Gasteiger charge is -2.21. The fraction of sp³-hybridized carbons (Fsp3) is 0.500. The Morgan fingerprint density at radius 1 is 1.35 bits per heavy atom. The van der Waals surface area contributed by atoms with E-state index in [0.29, 0.717) is 18.0 Å². The lowest BCUT2D eigenvalue weighted by atomic mass is 10.1. The maximum atomic E-state index is 12.4. The van der Waals surface area contributed by atoms with Crippen LogP contribution in [0.25, 0.3) is 10.9 Å². The molecule has 5 nitrogen and oxygen atoms in total. The molecule has 126 valence electrons. The molecule has 0 radical (unpaired) electrons. The summed E-state index contributed by atoms with van der Waals surface area (Å²) in [5.74, 6) is 0.147. The number of rotatable bonds is 5. The number of ether oxygens (including phenoxy) is 2. The quantitative estimate of drug-likeness (QED) is 0.859. The summed E-state index contributed by atoms with van der Waals surface area (Å²) in [5.41, 5.74) is 8.16. The maximum Gasteiger partial charge on any atom is 0.358 e. The molecule has 2 N–H and O–H groups in total. The number of hydrogen-bond donors (Lipinski definition) is 1. The largest absolute Gasteiger partial charge is 0.488 e. The molecule has 0 aliphatic rings. The Hall–Kier alpha value is -2.01. The highest BCUT2D eigenvalue weighted by Gasteiger charge is 2.28. The molecule has 0 bridgehead atoms. The molecule has 2 aromatic rings. The number of benzene rings is 1. The van der Waals surface area contributed by atoms with Crippen molar-refractivity contribution < 1.29 is 14.3 Å². The van der Waals surface area contributed by atoms with Crippen LogP contribution < -0.4 is 10.5 Å². The van der Waals surface area contributed by atoms with Gasteiger partial charge >= 0.3 is 5.97 Å². The number of aromatic nitrogens is 1. The highest BCUT2D eigenvalue weighted by atomic mass is 16.5. The molecule has 0 spiro atoms. The van der Waals surface area contributed by atoms with E-state index in [9.17, 15) is 4.79 Å². The van der Waals surface area contributed by atoms with Crippen molar-refractivity contribution in [3.05, 3.63) is 29.5 Å². The van der Waals surface area contributed by atoms with Crippen LogP contribution in [0.3, 0.4) is 0 Å². The first kappa shape index (κ1) is 17.3. The molecule has 1 heterocycles. The zero-order valence-electron chi connectivity index (χ0n) is 14.8. The molecular formula is C18H26N2O3. The van der Waals surface area contributed by atoms with E-state index in [1.54, 1.807) is 0 Å². The molecule has 0 aliphatic heterocycles. The summed E-state index contributed by atoms with van der Waals surface area (Å²) in [4.78, 5) is 12.4. The molecule has 0 saturated heterocycles. The Kier molecular flexibility index (Phi) is 4.71. The van der Waals surface area contributed by atoms with E-state index in [1.165, 1.54) is 7.11 Å². The summed E-state index contributed by atoms with van der Waals surface area (Å²) < 4.78 is 12.9. The zero-order chi connectivity index (χ0) is 17.4. The van der Waals surface area contributed by atoms with Gasteiger partial charge in [0.15, 0.2) is 11.4 Å². The zero-order valence-corrected chi connectivity index (χ0v) is 14.8. The van der Waals surface area contributed by atoms with Gasteiger partial charge in [0.2, 0.25) is 0 Å². The third-order valence-corrected chi connectivity index (χ3v) is 3.47. The summed E-state index contributed by atoms with van der Waals surface area (Å²) in [6.07, 6.45) is -0.0520. The summed E-state index contributed by atoms with van der Waals surface area (Å²) in [6.45, 7) is 10.2. The molecule has 0 saturated carbocycles. The first-order valence-corrected chi connectivity index (χ1v) is 7.80. The van der Waals surface area contributed by atoms with Crippen LogP contribution in [0.15, 0.2) is 18.2 Å². The van der Waals surface area contributed by atoms with Crippen LogP contribution >= 0.6 is 0 Å². The van der Waals surface area contributed by atoms with Crippen LogP contribution in [-0.2, 0) is 11.3 Å². The van der Waals surface area contributed by atoms with Crippen molar-refractivity contribution in [2.75, 3.05) is 7.11 Å². The number of carbonyl (C=O) groups excluding carboxylic acids is 1. The minimum absolute atomic E-state index is 0.0520. The molecule has 0 amide bonds. The van der Waals surface area contributed by atoms with Gasteiger partial charge in [-0.3, -0.25) is 0 Å². The van der Waals surface area contributed by atoms with Crippen molar-refractivity contribution in [2.24, 2.45) is 5.73 Å². The number of aryl methyl sites for hydroxylation is 1. The Balaban J connectivity index is 2.81. The third kappa shape index (κ3) is 3.67. The minimum atomic E-state index is -0.477. The van der Waals surface area contributed by atoms with Crippen molar-refractivity contribution >= 4 is 16.9 Å². The van der Waals surface area contributed by atoms with Gasteiger partial charge < -0.3 is 19.8 Å².